The third-order valence-corrected chi connectivity index (χ3v) is 4.98. The average Bonchev–Trinajstić information content (AvgIpc) is 3.17. The molecule has 1 atom stereocenters. The van der Waals surface area contributed by atoms with Crippen LogP contribution in [0.3, 0.4) is 0 Å². The second kappa shape index (κ2) is 7.24. The number of aromatic amines is 1. The van der Waals surface area contributed by atoms with E-state index < -0.39 is 0 Å². The molecule has 0 fully saturated rings. The molecule has 4 rings (SSSR count). The van der Waals surface area contributed by atoms with Crippen LogP contribution in [0.4, 0.5) is 0 Å². The van der Waals surface area contributed by atoms with Gasteiger partial charge in [-0.05, 0) is 49.6 Å². The van der Waals surface area contributed by atoms with E-state index >= 15 is 0 Å². The minimum Gasteiger partial charge on any atom is -0.494 e. The highest BCUT2D eigenvalue weighted by Gasteiger charge is 2.26. The molecule has 1 amide bonds. The van der Waals surface area contributed by atoms with Gasteiger partial charge in [0.25, 0.3) is 0 Å². The second-order valence-electron chi connectivity index (χ2n) is 7.07. The van der Waals surface area contributed by atoms with Crippen molar-refractivity contribution in [2.75, 3.05) is 6.61 Å². The van der Waals surface area contributed by atoms with Crippen LogP contribution in [-0.2, 0) is 17.6 Å². The lowest BCUT2D eigenvalue weighted by Crippen LogP contribution is -2.35. The van der Waals surface area contributed by atoms with Gasteiger partial charge in [0.05, 0.1) is 6.61 Å². The van der Waals surface area contributed by atoms with Gasteiger partial charge in [-0.3, -0.25) is 4.79 Å². The minimum atomic E-state index is 0.109. The first-order valence-electron chi connectivity index (χ1n) is 9.26. The zero-order valence-corrected chi connectivity index (χ0v) is 15.0. The standard InChI is InChI=1S/C22H24N2O2/c1-15-9-10-20-18(12-15)19-13-16(14-21(19)24-20)23-22(25)8-5-11-26-17-6-3-2-4-7-17/h2-4,6-7,9-10,12,16,24H,5,8,11,13-14H2,1H3,(H,23,25). The molecule has 1 unspecified atom stereocenters. The van der Waals surface area contributed by atoms with Crippen LogP contribution in [0, 0.1) is 6.92 Å². The topological polar surface area (TPSA) is 54.1 Å². The van der Waals surface area contributed by atoms with Crippen molar-refractivity contribution in [1.82, 2.24) is 10.3 Å². The predicted molar refractivity (Wildman–Crippen MR) is 104 cm³/mol. The molecule has 0 radical (unpaired) electrons. The lowest BCUT2D eigenvalue weighted by Gasteiger charge is -2.13. The SMILES string of the molecule is Cc1ccc2[nH]c3c(c2c1)CC(NC(=O)CCCOc1ccccc1)C3. The van der Waals surface area contributed by atoms with E-state index in [1.807, 2.05) is 30.3 Å². The van der Waals surface area contributed by atoms with Crippen molar-refractivity contribution >= 4 is 16.8 Å². The van der Waals surface area contributed by atoms with E-state index in [-0.39, 0.29) is 11.9 Å². The van der Waals surface area contributed by atoms with Crippen LogP contribution in [0.25, 0.3) is 10.9 Å². The number of hydrogen-bond acceptors (Lipinski definition) is 2. The van der Waals surface area contributed by atoms with Gasteiger partial charge in [0.2, 0.25) is 5.91 Å². The fourth-order valence-corrected chi connectivity index (χ4v) is 3.73. The molecule has 2 N–H and O–H groups in total. The van der Waals surface area contributed by atoms with Crippen LogP contribution in [-0.4, -0.2) is 23.5 Å². The van der Waals surface area contributed by atoms with E-state index in [0.29, 0.717) is 13.0 Å². The minimum absolute atomic E-state index is 0.109. The Morgan fingerprint density at radius 3 is 2.88 bits per heavy atom. The van der Waals surface area contributed by atoms with Crippen LogP contribution in [0.15, 0.2) is 48.5 Å². The van der Waals surface area contributed by atoms with Gasteiger partial charge >= 0.3 is 0 Å². The van der Waals surface area contributed by atoms with Crippen molar-refractivity contribution in [3.05, 3.63) is 65.4 Å². The summed E-state index contributed by atoms with van der Waals surface area (Å²) in [7, 11) is 0. The zero-order valence-electron chi connectivity index (χ0n) is 15.0. The smallest absolute Gasteiger partial charge is 0.220 e. The van der Waals surface area contributed by atoms with Crippen LogP contribution in [0.1, 0.15) is 29.7 Å². The maximum atomic E-state index is 12.2. The number of ether oxygens (including phenoxy) is 1. The van der Waals surface area contributed by atoms with Crippen molar-refractivity contribution < 1.29 is 9.53 Å². The molecule has 1 aliphatic carbocycles. The van der Waals surface area contributed by atoms with Crippen molar-refractivity contribution in [3.63, 3.8) is 0 Å². The number of H-pyrrole nitrogens is 1. The van der Waals surface area contributed by atoms with Crippen LogP contribution >= 0.6 is 0 Å². The number of fused-ring (bicyclic) bond motifs is 3. The van der Waals surface area contributed by atoms with Gasteiger partial charge in [0.15, 0.2) is 0 Å². The molecule has 2 aromatic carbocycles. The van der Waals surface area contributed by atoms with E-state index in [4.69, 9.17) is 4.74 Å². The molecule has 26 heavy (non-hydrogen) atoms. The van der Waals surface area contributed by atoms with Gasteiger partial charge in [0, 0.05) is 35.5 Å². The molecule has 1 aliphatic rings. The van der Waals surface area contributed by atoms with E-state index in [0.717, 1.165) is 25.0 Å². The highest BCUT2D eigenvalue weighted by Crippen LogP contribution is 2.30. The number of aromatic nitrogens is 1. The van der Waals surface area contributed by atoms with Crippen molar-refractivity contribution in [1.29, 1.82) is 0 Å². The Morgan fingerprint density at radius 1 is 1.19 bits per heavy atom. The molecular weight excluding hydrogens is 324 g/mol. The summed E-state index contributed by atoms with van der Waals surface area (Å²) in [4.78, 5) is 15.7. The first-order chi connectivity index (χ1) is 12.7. The number of hydrogen-bond donors (Lipinski definition) is 2. The Balaban J connectivity index is 1.26. The number of nitrogens with one attached hydrogen (secondary N) is 2. The molecule has 134 valence electrons. The maximum absolute atomic E-state index is 12.2. The molecular formula is C22H24N2O2. The third kappa shape index (κ3) is 3.59. The average molecular weight is 348 g/mol. The molecule has 3 aromatic rings. The lowest BCUT2D eigenvalue weighted by molar-refractivity contribution is -0.121. The molecule has 1 aromatic heterocycles. The van der Waals surface area contributed by atoms with E-state index in [1.165, 1.54) is 27.7 Å². The summed E-state index contributed by atoms with van der Waals surface area (Å²) in [5.41, 5.74) is 5.10. The molecule has 1 heterocycles. The summed E-state index contributed by atoms with van der Waals surface area (Å²) >= 11 is 0. The fourth-order valence-electron chi connectivity index (χ4n) is 3.73. The van der Waals surface area contributed by atoms with Crippen molar-refractivity contribution in [2.45, 2.75) is 38.6 Å². The Kier molecular flexibility index (Phi) is 4.65. The Bertz CT molecular complexity index is 915. The monoisotopic (exact) mass is 348 g/mol. The van der Waals surface area contributed by atoms with Gasteiger partial charge in [0.1, 0.15) is 5.75 Å². The van der Waals surface area contributed by atoms with Crippen molar-refractivity contribution in [2.24, 2.45) is 0 Å². The molecule has 0 saturated carbocycles. The van der Waals surface area contributed by atoms with Crippen molar-refractivity contribution in [3.8, 4) is 5.75 Å². The number of amides is 1. The van der Waals surface area contributed by atoms with Gasteiger partial charge in [-0.1, -0.05) is 29.8 Å². The number of carbonyl (C=O) groups excluding carboxylic acids is 1. The molecule has 0 spiro atoms. The zero-order chi connectivity index (χ0) is 17.9. The third-order valence-electron chi connectivity index (χ3n) is 4.98. The van der Waals surface area contributed by atoms with E-state index in [9.17, 15) is 4.79 Å². The summed E-state index contributed by atoms with van der Waals surface area (Å²) in [6.07, 6.45) is 3.01. The van der Waals surface area contributed by atoms with Gasteiger partial charge in [-0.15, -0.1) is 0 Å². The van der Waals surface area contributed by atoms with Gasteiger partial charge < -0.3 is 15.0 Å². The van der Waals surface area contributed by atoms with Crippen LogP contribution in [0.2, 0.25) is 0 Å². The number of aryl methyl sites for hydroxylation is 1. The normalized spacial score (nSPS) is 15.8. The Hall–Kier alpha value is -2.75. The first-order valence-corrected chi connectivity index (χ1v) is 9.26. The van der Waals surface area contributed by atoms with E-state index in [1.54, 1.807) is 0 Å². The molecule has 4 nitrogen and oxygen atoms in total. The van der Waals surface area contributed by atoms with Gasteiger partial charge in [-0.2, -0.15) is 0 Å². The molecule has 0 saturated heterocycles. The second-order valence-corrected chi connectivity index (χ2v) is 7.07. The summed E-state index contributed by atoms with van der Waals surface area (Å²) < 4.78 is 5.64. The lowest BCUT2D eigenvalue weighted by atomic mass is 10.1. The highest BCUT2D eigenvalue weighted by molar-refractivity contribution is 5.86. The number of benzene rings is 2. The largest absolute Gasteiger partial charge is 0.494 e. The summed E-state index contributed by atoms with van der Waals surface area (Å²) in [5, 5.41) is 4.47. The van der Waals surface area contributed by atoms with Crippen LogP contribution in [0.5, 0.6) is 5.75 Å². The number of rotatable bonds is 6. The number of carbonyl (C=O) groups is 1. The summed E-state index contributed by atoms with van der Waals surface area (Å²) in [6.45, 7) is 2.68. The molecule has 4 heteroatoms. The Morgan fingerprint density at radius 2 is 2.04 bits per heavy atom. The Labute approximate surface area is 153 Å². The maximum Gasteiger partial charge on any atom is 0.220 e. The molecule has 0 bridgehead atoms. The first kappa shape index (κ1) is 16.7. The van der Waals surface area contributed by atoms with E-state index in [2.05, 4.69) is 35.4 Å². The van der Waals surface area contributed by atoms with Gasteiger partial charge in [-0.25, -0.2) is 0 Å². The molecule has 0 aliphatic heterocycles. The summed E-state index contributed by atoms with van der Waals surface area (Å²) in [5.74, 6) is 0.960. The number of para-hydroxylation sites is 1. The van der Waals surface area contributed by atoms with Crippen LogP contribution < -0.4 is 10.1 Å². The predicted octanol–water partition coefficient (Wildman–Crippen LogP) is 3.92. The highest BCUT2D eigenvalue weighted by atomic mass is 16.5. The quantitative estimate of drug-likeness (QED) is 0.664. The fraction of sp³-hybridized carbons (Fsp3) is 0.318. The summed E-state index contributed by atoms with van der Waals surface area (Å²) in [6, 6.07) is 16.4.